The summed E-state index contributed by atoms with van der Waals surface area (Å²) in [5, 5.41) is 7.73. The normalized spacial score (nSPS) is 13.3. The van der Waals surface area contributed by atoms with Crippen molar-refractivity contribution in [2.45, 2.75) is 19.3 Å². The molecule has 0 amide bonds. The molecule has 0 atom stereocenters. The van der Waals surface area contributed by atoms with E-state index in [1.807, 2.05) is 11.3 Å². The van der Waals surface area contributed by atoms with E-state index in [1.54, 1.807) is 0 Å². The molecular weight excluding hydrogens is 611 g/mol. The first-order valence-corrected chi connectivity index (χ1v) is 17.8. The zero-order chi connectivity index (χ0) is 32.7. The third-order valence-corrected chi connectivity index (χ3v) is 11.8. The lowest BCUT2D eigenvalue weighted by atomic mass is 9.82. The Morgan fingerprint density at radius 3 is 2.04 bits per heavy atom. The average Bonchev–Trinajstić information content (AvgIpc) is 3.65. The molecule has 1 heterocycles. The number of anilines is 3. The lowest BCUT2D eigenvalue weighted by Crippen LogP contribution is -2.16. The lowest BCUT2D eigenvalue weighted by Gasteiger charge is -2.29. The fourth-order valence-electron chi connectivity index (χ4n) is 8.15. The van der Waals surface area contributed by atoms with Gasteiger partial charge in [0.25, 0.3) is 0 Å². The molecule has 0 fully saturated rings. The maximum absolute atomic E-state index is 2.48. The van der Waals surface area contributed by atoms with Crippen molar-refractivity contribution in [3.63, 3.8) is 0 Å². The molecule has 9 aromatic rings. The van der Waals surface area contributed by atoms with Gasteiger partial charge < -0.3 is 4.90 Å². The van der Waals surface area contributed by atoms with Crippen LogP contribution in [0.3, 0.4) is 0 Å². The first-order valence-electron chi connectivity index (χ1n) is 17.0. The average molecular weight is 644 g/mol. The predicted octanol–water partition coefficient (Wildman–Crippen LogP) is 13.8. The number of nitrogens with zero attached hydrogens (tertiary/aromatic N) is 1. The molecule has 0 unspecified atom stereocenters. The summed E-state index contributed by atoms with van der Waals surface area (Å²) in [6, 6.07) is 60.6. The van der Waals surface area contributed by atoms with Crippen LogP contribution in [0, 0.1) is 0 Å². The van der Waals surface area contributed by atoms with Gasteiger partial charge in [-0.05, 0) is 97.4 Å². The number of hydrogen-bond acceptors (Lipinski definition) is 2. The van der Waals surface area contributed by atoms with Gasteiger partial charge in [0, 0.05) is 37.0 Å². The Morgan fingerprint density at radius 2 is 1.16 bits per heavy atom. The van der Waals surface area contributed by atoms with E-state index in [9.17, 15) is 0 Å². The third-order valence-electron chi connectivity index (χ3n) is 10.6. The molecule has 49 heavy (non-hydrogen) atoms. The van der Waals surface area contributed by atoms with Crippen LogP contribution in [0.25, 0.3) is 64.0 Å². The Labute approximate surface area is 290 Å². The largest absolute Gasteiger partial charge is 0.310 e. The number of fused-ring (bicyclic) bond motifs is 9. The van der Waals surface area contributed by atoms with Gasteiger partial charge in [-0.1, -0.05) is 135 Å². The van der Waals surface area contributed by atoms with Crippen molar-refractivity contribution in [1.29, 1.82) is 0 Å². The van der Waals surface area contributed by atoms with E-state index in [2.05, 4.69) is 183 Å². The standard InChI is InChI=1S/C47H33NS/c1-47(2)41-15-8-7-14-38(41)39-27-25-36(29-42(39)47)48(35-23-20-31(21-24-35)34-19-18-30-10-3-4-12-33(30)28-34)43-16-9-17-44-45(43)40-26-22-32-11-5-6-13-37(32)46(40)49-44/h3-29H,1-2H3. The van der Waals surface area contributed by atoms with Crippen LogP contribution in [-0.2, 0) is 5.41 Å². The van der Waals surface area contributed by atoms with Crippen molar-refractivity contribution in [2.75, 3.05) is 4.90 Å². The highest BCUT2D eigenvalue weighted by Crippen LogP contribution is 2.52. The molecule has 10 rings (SSSR count). The topological polar surface area (TPSA) is 3.24 Å². The number of rotatable bonds is 4. The number of hydrogen-bond donors (Lipinski definition) is 0. The number of benzene rings is 8. The molecule has 1 aliphatic carbocycles. The van der Waals surface area contributed by atoms with Crippen LogP contribution >= 0.6 is 11.3 Å². The second-order valence-corrected chi connectivity index (χ2v) is 14.8. The second-order valence-electron chi connectivity index (χ2n) is 13.8. The Hall–Kier alpha value is -5.70. The van der Waals surface area contributed by atoms with Gasteiger partial charge in [0.15, 0.2) is 0 Å². The van der Waals surface area contributed by atoms with Gasteiger partial charge in [-0.25, -0.2) is 0 Å². The highest BCUT2D eigenvalue weighted by atomic mass is 32.1. The minimum absolute atomic E-state index is 0.0897. The maximum atomic E-state index is 2.48. The molecule has 232 valence electrons. The number of thiophene rings is 1. The minimum Gasteiger partial charge on any atom is -0.310 e. The van der Waals surface area contributed by atoms with E-state index in [0.29, 0.717) is 0 Å². The summed E-state index contributed by atoms with van der Waals surface area (Å²) in [6.07, 6.45) is 0. The molecule has 1 aromatic heterocycles. The molecular formula is C47H33NS. The lowest BCUT2D eigenvalue weighted by molar-refractivity contribution is 0.660. The van der Waals surface area contributed by atoms with Gasteiger partial charge in [-0.2, -0.15) is 0 Å². The van der Waals surface area contributed by atoms with E-state index in [1.165, 1.54) is 86.5 Å². The molecule has 2 heteroatoms. The van der Waals surface area contributed by atoms with E-state index in [4.69, 9.17) is 0 Å². The van der Waals surface area contributed by atoms with Crippen LogP contribution in [-0.4, -0.2) is 0 Å². The molecule has 1 aliphatic rings. The van der Waals surface area contributed by atoms with Crippen molar-refractivity contribution in [1.82, 2.24) is 0 Å². The summed E-state index contributed by atoms with van der Waals surface area (Å²) in [6.45, 7) is 4.73. The van der Waals surface area contributed by atoms with E-state index >= 15 is 0 Å². The van der Waals surface area contributed by atoms with E-state index in [0.717, 1.165) is 5.69 Å². The van der Waals surface area contributed by atoms with Crippen molar-refractivity contribution in [2.24, 2.45) is 0 Å². The van der Waals surface area contributed by atoms with Crippen LogP contribution in [0.4, 0.5) is 17.1 Å². The fourth-order valence-corrected chi connectivity index (χ4v) is 9.41. The summed E-state index contributed by atoms with van der Waals surface area (Å²) in [7, 11) is 0. The molecule has 1 nitrogen and oxygen atoms in total. The SMILES string of the molecule is CC1(C)c2ccccc2-c2ccc(N(c3ccc(-c4ccc5ccccc5c4)cc3)c3cccc4sc5c6ccccc6ccc5c34)cc21. The Bertz CT molecular complexity index is 2750. The summed E-state index contributed by atoms with van der Waals surface area (Å²) >= 11 is 1.90. The molecule has 0 saturated carbocycles. The molecule has 0 spiro atoms. The highest BCUT2D eigenvalue weighted by Gasteiger charge is 2.36. The van der Waals surface area contributed by atoms with E-state index in [-0.39, 0.29) is 5.41 Å². The van der Waals surface area contributed by atoms with Gasteiger partial charge in [-0.3, -0.25) is 0 Å². The zero-order valence-electron chi connectivity index (χ0n) is 27.4. The van der Waals surface area contributed by atoms with Crippen LogP contribution < -0.4 is 4.90 Å². The van der Waals surface area contributed by atoms with Crippen LogP contribution in [0.1, 0.15) is 25.0 Å². The highest BCUT2D eigenvalue weighted by molar-refractivity contribution is 7.26. The third kappa shape index (κ3) is 4.31. The van der Waals surface area contributed by atoms with Gasteiger partial charge in [0.05, 0.1) is 5.69 Å². The first-order chi connectivity index (χ1) is 24.0. The summed E-state index contributed by atoms with van der Waals surface area (Å²) < 4.78 is 2.65. The molecule has 0 bridgehead atoms. The van der Waals surface area contributed by atoms with Gasteiger partial charge >= 0.3 is 0 Å². The van der Waals surface area contributed by atoms with Gasteiger partial charge in [0.1, 0.15) is 0 Å². The predicted molar refractivity (Wildman–Crippen MR) is 212 cm³/mol. The summed E-state index contributed by atoms with van der Waals surface area (Å²) in [4.78, 5) is 2.48. The second kappa shape index (κ2) is 10.7. The summed E-state index contributed by atoms with van der Waals surface area (Å²) in [5.74, 6) is 0. The maximum Gasteiger partial charge on any atom is 0.0554 e. The van der Waals surface area contributed by atoms with Crippen molar-refractivity contribution in [3.8, 4) is 22.3 Å². The Morgan fingerprint density at radius 1 is 0.469 bits per heavy atom. The van der Waals surface area contributed by atoms with Crippen LogP contribution in [0.5, 0.6) is 0 Å². The van der Waals surface area contributed by atoms with Crippen LogP contribution in [0.2, 0.25) is 0 Å². The summed E-state index contributed by atoms with van der Waals surface area (Å²) in [5.41, 5.74) is 11.3. The van der Waals surface area contributed by atoms with Gasteiger partial charge in [0.2, 0.25) is 0 Å². The molecule has 0 aliphatic heterocycles. The Kier molecular flexibility index (Phi) is 6.16. The molecule has 0 N–H and O–H groups in total. The van der Waals surface area contributed by atoms with Crippen molar-refractivity contribution in [3.05, 3.63) is 175 Å². The minimum atomic E-state index is -0.0897. The molecule has 8 aromatic carbocycles. The van der Waals surface area contributed by atoms with Crippen molar-refractivity contribution < 1.29 is 0 Å². The monoisotopic (exact) mass is 643 g/mol. The molecule has 0 radical (unpaired) electrons. The van der Waals surface area contributed by atoms with E-state index < -0.39 is 0 Å². The van der Waals surface area contributed by atoms with Crippen molar-refractivity contribution >= 4 is 70.1 Å². The fraction of sp³-hybridized carbons (Fsp3) is 0.0638. The molecule has 0 saturated heterocycles. The zero-order valence-corrected chi connectivity index (χ0v) is 28.3. The van der Waals surface area contributed by atoms with Gasteiger partial charge in [-0.15, -0.1) is 11.3 Å². The first kappa shape index (κ1) is 28.3. The Balaban J connectivity index is 1.19. The smallest absolute Gasteiger partial charge is 0.0554 e. The quantitative estimate of drug-likeness (QED) is 0.184. The van der Waals surface area contributed by atoms with Crippen LogP contribution in [0.15, 0.2) is 164 Å².